The van der Waals surface area contributed by atoms with E-state index in [1.165, 1.54) is 23.9 Å². The number of rotatable bonds is 5. The second-order valence-electron chi connectivity index (χ2n) is 4.01. The van der Waals surface area contributed by atoms with E-state index in [1.807, 2.05) is 6.92 Å². The zero-order valence-corrected chi connectivity index (χ0v) is 11.2. The van der Waals surface area contributed by atoms with Crippen molar-refractivity contribution >= 4 is 17.7 Å². The normalized spacial score (nSPS) is 12.1. The van der Waals surface area contributed by atoms with Gasteiger partial charge >= 0.3 is 0 Å². The molecule has 5 heteroatoms. The third kappa shape index (κ3) is 4.13. The van der Waals surface area contributed by atoms with E-state index in [4.69, 9.17) is 4.42 Å². The molecule has 19 heavy (non-hydrogen) atoms. The maximum absolute atomic E-state index is 12.8. The highest BCUT2D eigenvalue weighted by molar-refractivity contribution is 8.00. The van der Waals surface area contributed by atoms with Gasteiger partial charge in [-0.25, -0.2) is 4.39 Å². The molecule has 1 aromatic carbocycles. The average molecular weight is 279 g/mol. The van der Waals surface area contributed by atoms with Gasteiger partial charge in [-0.1, -0.05) is 0 Å². The summed E-state index contributed by atoms with van der Waals surface area (Å²) in [6, 6.07) is 9.68. The summed E-state index contributed by atoms with van der Waals surface area (Å²) in [5, 5.41) is 2.54. The van der Waals surface area contributed by atoms with Crippen LogP contribution in [0.25, 0.3) is 0 Å². The van der Waals surface area contributed by atoms with Crippen LogP contribution in [0, 0.1) is 5.82 Å². The topological polar surface area (TPSA) is 42.2 Å². The molecule has 0 spiro atoms. The number of hydrogen-bond donors (Lipinski definition) is 1. The van der Waals surface area contributed by atoms with Crippen LogP contribution in [0.1, 0.15) is 12.7 Å². The quantitative estimate of drug-likeness (QED) is 0.855. The molecule has 1 N–H and O–H groups in total. The lowest BCUT2D eigenvalue weighted by Crippen LogP contribution is -2.30. The van der Waals surface area contributed by atoms with Crippen molar-refractivity contribution in [2.24, 2.45) is 0 Å². The second-order valence-corrected chi connectivity index (χ2v) is 5.43. The van der Waals surface area contributed by atoms with Crippen LogP contribution in [0.2, 0.25) is 0 Å². The predicted molar refractivity (Wildman–Crippen MR) is 72.3 cm³/mol. The largest absolute Gasteiger partial charge is 0.467 e. The molecule has 2 rings (SSSR count). The first-order chi connectivity index (χ1) is 9.15. The number of nitrogens with one attached hydrogen (secondary N) is 1. The molecule has 0 bridgehead atoms. The van der Waals surface area contributed by atoms with Gasteiger partial charge in [0, 0.05) is 4.90 Å². The van der Waals surface area contributed by atoms with Crippen LogP contribution >= 0.6 is 11.8 Å². The van der Waals surface area contributed by atoms with E-state index >= 15 is 0 Å². The lowest BCUT2D eigenvalue weighted by atomic mass is 10.3. The smallest absolute Gasteiger partial charge is 0.233 e. The van der Waals surface area contributed by atoms with Crippen LogP contribution in [-0.4, -0.2) is 11.2 Å². The van der Waals surface area contributed by atoms with Crippen molar-refractivity contribution in [2.45, 2.75) is 23.6 Å². The number of carbonyl (C=O) groups excluding carboxylic acids is 1. The van der Waals surface area contributed by atoms with Gasteiger partial charge in [0.1, 0.15) is 11.6 Å². The third-order valence-corrected chi connectivity index (χ3v) is 3.62. The predicted octanol–water partition coefficient (Wildman–Crippen LogP) is 3.22. The number of benzene rings is 1. The molecule has 3 nitrogen and oxygen atoms in total. The highest BCUT2D eigenvalue weighted by atomic mass is 32.2. The highest BCUT2D eigenvalue weighted by Crippen LogP contribution is 2.23. The van der Waals surface area contributed by atoms with Gasteiger partial charge in [-0.2, -0.15) is 0 Å². The third-order valence-electron chi connectivity index (χ3n) is 2.51. The number of carbonyl (C=O) groups is 1. The summed E-state index contributed by atoms with van der Waals surface area (Å²) in [7, 11) is 0. The van der Waals surface area contributed by atoms with Gasteiger partial charge in [0.2, 0.25) is 5.91 Å². The minimum Gasteiger partial charge on any atom is -0.467 e. The summed E-state index contributed by atoms with van der Waals surface area (Å²) in [6.45, 7) is 2.19. The van der Waals surface area contributed by atoms with Crippen molar-refractivity contribution < 1.29 is 13.6 Å². The second kappa shape index (κ2) is 6.43. The minimum absolute atomic E-state index is 0.0780. The van der Waals surface area contributed by atoms with Gasteiger partial charge in [-0.05, 0) is 43.3 Å². The van der Waals surface area contributed by atoms with E-state index in [-0.39, 0.29) is 17.0 Å². The molecule has 0 aliphatic heterocycles. The van der Waals surface area contributed by atoms with Crippen LogP contribution in [0.15, 0.2) is 52.0 Å². The molecule has 0 saturated carbocycles. The Morgan fingerprint density at radius 3 is 2.74 bits per heavy atom. The maximum Gasteiger partial charge on any atom is 0.233 e. The van der Waals surface area contributed by atoms with Gasteiger partial charge in [0.25, 0.3) is 0 Å². The highest BCUT2D eigenvalue weighted by Gasteiger charge is 2.14. The molecule has 1 heterocycles. The Hall–Kier alpha value is -1.75. The van der Waals surface area contributed by atoms with Crippen molar-refractivity contribution in [3.05, 3.63) is 54.2 Å². The molecular weight excluding hydrogens is 265 g/mol. The molecule has 100 valence electrons. The monoisotopic (exact) mass is 279 g/mol. The van der Waals surface area contributed by atoms with Crippen molar-refractivity contribution in [2.75, 3.05) is 0 Å². The van der Waals surface area contributed by atoms with E-state index < -0.39 is 0 Å². The first-order valence-electron chi connectivity index (χ1n) is 5.87. The van der Waals surface area contributed by atoms with E-state index in [0.29, 0.717) is 12.3 Å². The summed E-state index contributed by atoms with van der Waals surface area (Å²) in [5.41, 5.74) is 0. The first-order valence-corrected chi connectivity index (χ1v) is 6.75. The van der Waals surface area contributed by atoms with Crippen molar-refractivity contribution in [1.82, 2.24) is 5.32 Å². The molecule has 0 aliphatic carbocycles. The molecule has 1 atom stereocenters. The van der Waals surface area contributed by atoms with Crippen LogP contribution in [0.5, 0.6) is 0 Å². The van der Waals surface area contributed by atoms with Gasteiger partial charge < -0.3 is 9.73 Å². The Labute approximate surface area is 115 Å². The molecule has 1 amide bonds. The summed E-state index contributed by atoms with van der Waals surface area (Å²) < 4.78 is 17.9. The Balaban J connectivity index is 1.83. The molecule has 0 fully saturated rings. The number of furan rings is 1. The van der Waals surface area contributed by atoms with Crippen LogP contribution in [0.4, 0.5) is 4.39 Å². The molecule has 0 unspecified atom stereocenters. The minimum atomic E-state index is -0.278. The lowest BCUT2D eigenvalue weighted by molar-refractivity contribution is -0.120. The summed E-state index contributed by atoms with van der Waals surface area (Å²) in [4.78, 5) is 12.7. The van der Waals surface area contributed by atoms with E-state index in [1.54, 1.807) is 30.5 Å². The van der Waals surface area contributed by atoms with Gasteiger partial charge in [-0.3, -0.25) is 4.79 Å². The average Bonchev–Trinajstić information content (AvgIpc) is 2.91. The summed E-state index contributed by atoms with van der Waals surface area (Å²) in [6.07, 6.45) is 1.57. The molecule has 0 aliphatic rings. The zero-order chi connectivity index (χ0) is 13.7. The molecule has 0 saturated heterocycles. The molecule has 0 radical (unpaired) electrons. The van der Waals surface area contributed by atoms with Gasteiger partial charge in [0.15, 0.2) is 0 Å². The number of halogens is 1. The molecular formula is C14H14FNO2S. The van der Waals surface area contributed by atoms with E-state index in [2.05, 4.69) is 5.32 Å². The fourth-order valence-electron chi connectivity index (χ4n) is 1.50. The number of amides is 1. The summed E-state index contributed by atoms with van der Waals surface area (Å²) in [5.74, 6) is 0.359. The summed E-state index contributed by atoms with van der Waals surface area (Å²) >= 11 is 1.39. The van der Waals surface area contributed by atoms with Crippen molar-refractivity contribution in [1.29, 1.82) is 0 Å². The molecule has 1 aromatic heterocycles. The fourth-order valence-corrected chi connectivity index (χ4v) is 2.39. The maximum atomic E-state index is 12.8. The van der Waals surface area contributed by atoms with Gasteiger partial charge in [-0.15, -0.1) is 11.8 Å². The van der Waals surface area contributed by atoms with Crippen LogP contribution in [-0.2, 0) is 11.3 Å². The van der Waals surface area contributed by atoms with Crippen molar-refractivity contribution in [3.8, 4) is 0 Å². The Kier molecular flexibility index (Phi) is 4.63. The first kappa shape index (κ1) is 13.7. The van der Waals surface area contributed by atoms with Crippen molar-refractivity contribution in [3.63, 3.8) is 0 Å². The standard InChI is InChI=1S/C14H14FNO2S/c1-10(19-13-6-4-11(15)5-7-13)14(17)16-9-12-3-2-8-18-12/h2-8,10H,9H2,1H3,(H,16,17)/t10-/m1/s1. The SMILES string of the molecule is C[C@@H](Sc1ccc(F)cc1)C(=O)NCc1ccco1. The van der Waals surface area contributed by atoms with Crippen LogP contribution < -0.4 is 5.32 Å². The zero-order valence-electron chi connectivity index (χ0n) is 10.4. The Morgan fingerprint density at radius 2 is 2.11 bits per heavy atom. The van der Waals surface area contributed by atoms with Crippen LogP contribution in [0.3, 0.4) is 0 Å². The number of thioether (sulfide) groups is 1. The van der Waals surface area contributed by atoms with Gasteiger partial charge in [0.05, 0.1) is 18.1 Å². The van der Waals surface area contributed by atoms with E-state index in [0.717, 1.165) is 4.90 Å². The lowest BCUT2D eigenvalue weighted by Gasteiger charge is -2.11. The number of hydrogen-bond acceptors (Lipinski definition) is 3. The Bertz CT molecular complexity index is 525. The van der Waals surface area contributed by atoms with E-state index in [9.17, 15) is 9.18 Å². The Morgan fingerprint density at radius 1 is 1.37 bits per heavy atom. The molecule has 2 aromatic rings. The fraction of sp³-hybridized carbons (Fsp3) is 0.214.